The minimum absolute atomic E-state index is 0.115. The van der Waals surface area contributed by atoms with Crippen molar-refractivity contribution in [2.24, 2.45) is 11.8 Å². The predicted molar refractivity (Wildman–Crippen MR) is 112 cm³/mol. The molecule has 0 bridgehead atoms. The molecule has 27 heavy (non-hydrogen) atoms. The van der Waals surface area contributed by atoms with Crippen LogP contribution in [0.2, 0.25) is 5.02 Å². The number of pyridine rings is 1. The van der Waals surface area contributed by atoms with Gasteiger partial charge in [0.25, 0.3) is 0 Å². The predicted octanol–water partition coefficient (Wildman–Crippen LogP) is 4.57. The van der Waals surface area contributed by atoms with Gasteiger partial charge in [-0.1, -0.05) is 43.6 Å². The molecule has 1 aliphatic rings. The van der Waals surface area contributed by atoms with E-state index in [1.54, 1.807) is 0 Å². The number of rotatable bonds is 5. The van der Waals surface area contributed by atoms with Crippen LogP contribution in [0.4, 0.5) is 0 Å². The number of piperidine rings is 1. The number of para-hydroxylation sites is 1. The van der Waals surface area contributed by atoms with Gasteiger partial charge in [0.1, 0.15) is 0 Å². The van der Waals surface area contributed by atoms with Gasteiger partial charge in [0, 0.05) is 23.9 Å². The van der Waals surface area contributed by atoms with Gasteiger partial charge in [-0.2, -0.15) is 0 Å². The topological polar surface area (TPSA) is 45.2 Å². The number of halogens is 1. The average Bonchev–Trinajstić information content (AvgIpc) is 2.66. The van der Waals surface area contributed by atoms with Gasteiger partial charge >= 0.3 is 0 Å². The minimum Gasteiger partial charge on any atom is -0.353 e. The Kier molecular flexibility index (Phi) is 6.38. The average molecular weight is 388 g/mol. The van der Waals surface area contributed by atoms with Gasteiger partial charge in [-0.05, 0) is 57.3 Å². The van der Waals surface area contributed by atoms with E-state index >= 15 is 0 Å². The smallest absolute Gasteiger partial charge is 0.223 e. The summed E-state index contributed by atoms with van der Waals surface area (Å²) in [6.45, 7) is 10.9. The number of aryl methyl sites for hydroxylation is 1. The molecule has 5 heteroatoms. The molecule has 1 fully saturated rings. The highest BCUT2D eigenvalue weighted by molar-refractivity contribution is 6.32. The normalized spacial score (nSPS) is 17.4. The van der Waals surface area contributed by atoms with Crippen LogP contribution in [-0.2, 0) is 11.3 Å². The lowest BCUT2D eigenvalue weighted by Crippen LogP contribution is -2.44. The minimum atomic E-state index is 0.115. The molecule has 3 rings (SSSR count). The molecule has 1 aliphatic heterocycles. The number of fused-ring (bicyclic) bond motifs is 1. The molecule has 146 valence electrons. The van der Waals surface area contributed by atoms with Gasteiger partial charge in [0.15, 0.2) is 0 Å². The number of hydrogen-bond acceptors (Lipinski definition) is 3. The van der Waals surface area contributed by atoms with E-state index in [-0.39, 0.29) is 17.9 Å². The SMILES string of the molecule is Cc1c(Cl)c(CN2CCC(C(=O)NC(C)C(C)C)CC2)nc2ccccc12. The summed E-state index contributed by atoms with van der Waals surface area (Å²) in [5.74, 6) is 0.774. The molecule has 0 radical (unpaired) electrons. The Hall–Kier alpha value is -1.65. The number of hydrogen-bond donors (Lipinski definition) is 1. The fourth-order valence-corrected chi connectivity index (χ4v) is 3.80. The summed E-state index contributed by atoms with van der Waals surface area (Å²) in [5, 5.41) is 5.03. The Bertz CT molecular complexity index is 813. The first-order chi connectivity index (χ1) is 12.9. The number of aromatic nitrogens is 1. The molecule has 1 aromatic heterocycles. The van der Waals surface area contributed by atoms with Crippen LogP contribution in [-0.4, -0.2) is 34.9 Å². The maximum absolute atomic E-state index is 12.5. The molecule has 0 spiro atoms. The Balaban J connectivity index is 1.62. The highest BCUT2D eigenvalue weighted by atomic mass is 35.5. The second-order valence-corrected chi connectivity index (χ2v) is 8.48. The summed E-state index contributed by atoms with van der Waals surface area (Å²) >= 11 is 6.60. The monoisotopic (exact) mass is 387 g/mol. The summed E-state index contributed by atoms with van der Waals surface area (Å²) < 4.78 is 0. The zero-order chi connectivity index (χ0) is 19.6. The number of likely N-dealkylation sites (tertiary alicyclic amines) is 1. The fourth-order valence-electron chi connectivity index (χ4n) is 3.60. The van der Waals surface area contributed by atoms with Crippen molar-refractivity contribution in [3.8, 4) is 0 Å². The van der Waals surface area contributed by atoms with Gasteiger partial charge in [-0.15, -0.1) is 0 Å². The lowest BCUT2D eigenvalue weighted by Gasteiger charge is -2.32. The maximum Gasteiger partial charge on any atom is 0.223 e. The summed E-state index contributed by atoms with van der Waals surface area (Å²) in [7, 11) is 0. The molecule has 1 amide bonds. The largest absolute Gasteiger partial charge is 0.353 e. The molecule has 2 heterocycles. The number of carbonyl (C=O) groups is 1. The van der Waals surface area contributed by atoms with Gasteiger partial charge in [0.05, 0.1) is 16.2 Å². The third kappa shape index (κ3) is 4.61. The molecule has 0 aliphatic carbocycles. The van der Waals surface area contributed by atoms with Crippen molar-refractivity contribution in [2.45, 2.75) is 53.1 Å². The van der Waals surface area contributed by atoms with Gasteiger partial charge in [-0.25, -0.2) is 4.98 Å². The Morgan fingerprint density at radius 1 is 1.26 bits per heavy atom. The lowest BCUT2D eigenvalue weighted by molar-refractivity contribution is -0.127. The van der Waals surface area contributed by atoms with E-state index in [1.807, 2.05) is 18.2 Å². The summed E-state index contributed by atoms with van der Waals surface area (Å²) in [6.07, 6.45) is 1.78. The van der Waals surface area contributed by atoms with Gasteiger partial charge in [-0.3, -0.25) is 9.69 Å². The molecule has 1 unspecified atom stereocenters. The second-order valence-electron chi connectivity index (χ2n) is 8.11. The van der Waals surface area contributed by atoms with Crippen molar-refractivity contribution in [2.75, 3.05) is 13.1 Å². The summed E-state index contributed by atoms with van der Waals surface area (Å²) in [5.41, 5.74) is 3.02. The van der Waals surface area contributed by atoms with Crippen LogP contribution in [0.15, 0.2) is 24.3 Å². The number of carbonyl (C=O) groups excluding carboxylic acids is 1. The van der Waals surface area contributed by atoms with Crippen molar-refractivity contribution >= 4 is 28.4 Å². The summed E-state index contributed by atoms with van der Waals surface area (Å²) in [6, 6.07) is 8.35. The van der Waals surface area contributed by atoms with Gasteiger partial charge in [0.2, 0.25) is 5.91 Å². The molecule has 0 saturated carbocycles. The summed E-state index contributed by atoms with van der Waals surface area (Å²) in [4.78, 5) is 19.6. The Morgan fingerprint density at radius 3 is 2.59 bits per heavy atom. The fraction of sp³-hybridized carbons (Fsp3) is 0.545. The van der Waals surface area contributed by atoms with Crippen molar-refractivity contribution < 1.29 is 4.79 Å². The Labute approximate surface area is 167 Å². The first kappa shape index (κ1) is 20.1. The van der Waals surface area contributed by atoms with Crippen LogP contribution < -0.4 is 5.32 Å². The lowest BCUT2D eigenvalue weighted by atomic mass is 9.94. The highest BCUT2D eigenvalue weighted by Crippen LogP contribution is 2.28. The van der Waals surface area contributed by atoms with Crippen LogP contribution in [0.5, 0.6) is 0 Å². The van der Waals surface area contributed by atoms with Crippen LogP contribution >= 0.6 is 11.6 Å². The molecule has 1 aromatic carbocycles. The van der Waals surface area contributed by atoms with E-state index in [9.17, 15) is 4.79 Å². The number of benzene rings is 1. The third-order valence-corrected chi connectivity index (χ3v) is 6.35. The van der Waals surface area contributed by atoms with E-state index in [2.05, 4.69) is 44.0 Å². The molecular weight excluding hydrogens is 358 g/mol. The number of nitrogens with zero attached hydrogens (tertiary/aromatic N) is 2. The first-order valence-corrected chi connectivity index (χ1v) is 10.3. The quantitative estimate of drug-likeness (QED) is 0.817. The maximum atomic E-state index is 12.5. The van der Waals surface area contributed by atoms with Crippen molar-refractivity contribution in [3.05, 3.63) is 40.5 Å². The van der Waals surface area contributed by atoms with Crippen LogP contribution in [0.1, 0.15) is 44.9 Å². The van der Waals surface area contributed by atoms with Gasteiger partial charge < -0.3 is 5.32 Å². The highest BCUT2D eigenvalue weighted by Gasteiger charge is 2.27. The molecule has 4 nitrogen and oxygen atoms in total. The molecule has 2 aromatic rings. The van der Waals surface area contributed by atoms with E-state index < -0.39 is 0 Å². The molecule has 1 N–H and O–H groups in total. The van der Waals surface area contributed by atoms with E-state index in [4.69, 9.17) is 16.6 Å². The molecular formula is C22H30ClN3O. The number of nitrogens with one attached hydrogen (secondary N) is 1. The zero-order valence-electron chi connectivity index (χ0n) is 16.8. The molecule has 1 atom stereocenters. The van der Waals surface area contributed by atoms with Crippen molar-refractivity contribution in [1.82, 2.24) is 15.2 Å². The van der Waals surface area contributed by atoms with Crippen molar-refractivity contribution in [1.29, 1.82) is 0 Å². The van der Waals surface area contributed by atoms with E-state index in [1.165, 1.54) is 0 Å². The number of amides is 1. The third-order valence-electron chi connectivity index (χ3n) is 5.85. The second kappa shape index (κ2) is 8.57. The van der Waals surface area contributed by atoms with Crippen molar-refractivity contribution in [3.63, 3.8) is 0 Å². The van der Waals surface area contributed by atoms with E-state index in [0.717, 1.165) is 59.7 Å². The van der Waals surface area contributed by atoms with Crippen LogP contribution in [0, 0.1) is 18.8 Å². The van der Waals surface area contributed by atoms with Crippen LogP contribution in [0.25, 0.3) is 10.9 Å². The standard InChI is InChI=1S/C22H30ClN3O/c1-14(2)16(4)24-22(27)17-9-11-26(12-10-17)13-20-21(23)15(3)18-7-5-6-8-19(18)25-20/h5-8,14,16-17H,9-13H2,1-4H3,(H,24,27). The van der Waals surface area contributed by atoms with Crippen LogP contribution in [0.3, 0.4) is 0 Å². The first-order valence-electron chi connectivity index (χ1n) is 9.93. The zero-order valence-corrected chi connectivity index (χ0v) is 17.5. The Morgan fingerprint density at radius 2 is 1.93 bits per heavy atom. The van der Waals surface area contributed by atoms with E-state index in [0.29, 0.717) is 5.92 Å². The molecule has 1 saturated heterocycles.